The first-order valence-electron chi connectivity index (χ1n) is 7.61. The van der Waals surface area contributed by atoms with Crippen LogP contribution in [0.1, 0.15) is 12.5 Å². The molecule has 1 rings (SSSR count). The van der Waals surface area contributed by atoms with E-state index in [0.717, 1.165) is 18.9 Å². The monoisotopic (exact) mass is 372 g/mol. The van der Waals surface area contributed by atoms with E-state index in [1.165, 1.54) is 6.92 Å². The first kappa shape index (κ1) is 21.2. The number of methoxy groups -OCH3 is 1. The second-order valence-electron chi connectivity index (χ2n) is 5.36. The fourth-order valence-corrected chi connectivity index (χ4v) is 1.96. The van der Waals surface area contributed by atoms with Gasteiger partial charge in [-0.3, -0.25) is 9.59 Å². The molecule has 1 aromatic carbocycles. The Kier molecular flexibility index (Phi) is 7.82. The van der Waals surface area contributed by atoms with Crippen LogP contribution in [-0.4, -0.2) is 43.0 Å². The topological polar surface area (TPSA) is 84.5 Å². The third kappa shape index (κ3) is 6.96. The summed E-state index contributed by atoms with van der Waals surface area (Å²) in [6.45, 7) is 1.41. The maximum Gasteiger partial charge on any atom is 0.454 e. The van der Waals surface area contributed by atoms with Gasteiger partial charge in [0.05, 0.1) is 7.11 Å². The Balaban J connectivity index is 2.85. The number of carbonyl (C=O) groups excluding carboxylic acids is 3. The van der Waals surface area contributed by atoms with Gasteiger partial charge in [0.15, 0.2) is 0 Å². The number of nitrogens with one attached hydrogen (secondary N) is 2. The normalized spacial score (nSPS) is 13.7. The number of esters is 1. The van der Waals surface area contributed by atoms with Crippen molar-refractivity contribution in [2.24, 2.45) is 0 Å². The average Bonchev–Trinajstić information content (AvgIpc) is 2.59. The van der Waals surface area contributed by atoms with Gasteiger partial charge in [0.2, 0.25) is 5.91 Å². The van der Waals surface area contributed by atoms with Crippen LogP contribution < -0.4 is 10.6 Å². The molecule has 1 amide bonds. The SMILES string of the molecule is COC(=O)C(C)NC(=O)C(Cc1ccccc1)N/C=C/C(=O)C(F)(F)F. The Morgan fingerprint density at radius 2 is 1.81 bits per heavy atom. The molecule has 142 valence electrons. The molecule has 2 atom stereocenters. The van der Waals surface area contributed by atoms with E-state index in [1.807, 2.05) is 0 Å². The van der Waals surface area contributed by atoms with E-state index < -0.39 is 35.9 Å². The highest BCUT2D eigenvalue weighted by Crippen LogP contribution is 2.16. The number of benzene rings is 1. The highest BCUT2D eigenvalue weighted by atomic mass is 19.4. The highest BCUT2D eigenvalue weighted by molar-refractivity contribution is 5.94. The zero-order chi connectivity index (χ0) is 19.7. The third-order valence-corrected chi connectivity index (χ3v) is 3.32. The van der Waals surface area contributed by atoms with E-state index in [2.05, 4.69) is 15.4 Å². The molecular weight excluding hydrogens is 353 g/mol. The van der Waals surface area contributed by atoms with E-state index >= 15 is 0 Å². The van der Waals surface area contributed by atoms with Gasteiger partial charge in [0.25, 0.3) is 5.78 Å². The summed E-state index contributed by atoms with van der Waals surface area (Å²) in [5.41, 5.74) is 0.737. The smallest absolute Gasteiger partial charge is 0.454 e. The molecule has 0 aliphatic rings. The van der Waals surface area contributed by atoms with Crippen molar-refractivity contribution in [2.45, 2.75) is 31.6 Å². The van der Waals surface area contributed by atoms with Crippen molar-refractivity contribution in [3.63, 3.8) is 0 Å². The molecule has 0 heterocycles. The Bertz CT molecular complexity index is 660. The lowest BCUT2D eigenvalue weighted by atomic mass is 10.1. The van der Waals surface area contributed by atoms with Gasteiger partial charge in [-0.15, -0.1) is 0 Å². The van der Waals surface area contributed by atoms with Gasteiger partial charge < -0.3 is 15.4 Å². The largest absolute Gasteiger partial charge is 0.467 e. The number of rotatable bonds is 8. The first-order valence-corrected chi connectivity index (χ1v) is 7.61. The van der Waals surface area contributed by atoms with E-state index in [9.17, 15) is 27.6 Å². The third-order valence-electron chi connectivity index (χ3n) is 3.32. The number of ketones is 1. The molecule has 0 fully saturated rings. The quantitative estimate of drug-likeness (QED) is 0.534. The summed E-state index contributed by atoms with van der Waals surface area (Å²) in [4.78, 5) is 34.6. The number of allylic oxidation sites excluding steroid dienone is 1. The molecule has 0 saturated carbocycles. The van der Waals surface area contributed by atoms with Gasteiger partial charge in [-0.05, 0) is 12.5 Å². The van der Waals surface area contributed by atoms with E-state index in [-0.39, 0.29) is 6.42 Å². The molecule has 1 aromatic rings. The van der Waals surface area contributed by atoms with Gasteiger partial charge in [0.1, 0.15) is 12.1 Å². The van der Waals surface area contributed by atoms with Crippen LogP contribution in [-0.2, 0) is 25.5 Å². The van der Waals surface area contributed by atoms with Crippen LogP contribution in [0, 0.1) is 0 Å². The van der Waals surface area contributed by atoms with Crippen molar-refractivity contribution in [1.82, 2.24) is 10.6 Å². The molecule has 0 saturated heterocycles. The van der Waals surface area contributed by atoms with E-state index in [4.69, 9.17) is 0 Å². The second-order valence-corrected chi connectivity index (χ2v) is 5.36. The number of hydrogen-bond donors (Lipinski definition) is 2. The van der Waals surface area contributed by atoms with Gasteiger partial charge in [-0.1, -0.05) is 30.3 Å². The summed E-state index contributed by atoms with van der Waals surface area (Å²) in [6.07, 6.45) is -3.79. The highest BCUT2D eigenvalue weighted by Gasteiger charge is 2.36. The summed E-state index contributed by atoms with van der Waals surface area (Å²) in [5.74, 6) is -3.35. The van der Waals surface area contributed by atoms with Crippen molar-refractivity contribution in [2.75, 3.05) is 7.11 Å². The van der Waals surface area contributed by atoms with Gasteiger partial charge >= 0.3 is 12.1 Å². The number of ether oxygens (including phenoxy) is 1. The number of halogens is 3. The zero-order valence-electron chi connectivity index (χ0n) is 14.2. The molecule has 0 radical (unpaired) electrons. The Morgan fingerprint density at radius 1 is 1.19 bits per heavy atom. The molecule has 26 heavy (non-hydrogen) atoms. The van der Waals surface area contributed by atoms with Crippen LogP contribution in [0.3, 0.4) is 0 Å². The maximum absolute atomic E-state index is 12.3. The number of alkyl halides is 3. The van der Waals surface area contributed by atoms with Crippen molar-refractivity contribution in [3.8, 4) is 0 Å². The predicted octanol–water partition coefficient (Wildman–Crippen LogP) is 1.51. The molecular formula is C17H19F3N2O4. The molecule has 6 nitrogen and oxygen atoms in total. The van der Waals surface area contributed by atoms with Gasteiger partial charge in [0, 0.05) is 18.7 Å². The lowest BCUT2D eigenvalue weighted by Crippen LogP contribution is -2.49. The van der Waals surface area contributed by atoms with Crippen molar-refractivity contribution in [1.29, 1.82) is 0 Å². The maximum atomic E-state index is 12.3. The minimum Gasteiger partial charge on any atom is -0.467 e. The van der Waals surface area contributed by atoms with Gasteiger partial charge in [-0.2, -0.15) is 13.2 Å². The number of amides is 1. The van der Waals surface area contributed by atoms with E-state index in [0.29, 0.717) is 6.08 Å². The minimum atomic E-state index is -4.99. The second kappa shape index (κ2) is 9.59. The van der Waals surface area contributed by atoms with Gasteiger partial charge in [-0.25, -0.2) is 4.79 Å². The summed E-state index contributed by atoms with van der Waals surface area (Å²) in [5, 5.41) is 4.87. The predicted molar refractivity (Wildman–Crippen MR) is 86.9 cm³/mol. The zero-order valence-corrected chi connectivity index (χ0v) is 14.2. The number of hydrogen-bond acceptors (Lipinski definition) is 5. The molecule has 2 N–H and O–H groups in total. The molecule has 0 aliphatic carbocycles. The Labute approximate surface area is 148 Å². The van der Waals surface area contributed by atoms with Crippen molar-refractivity contribution >= 4 is 17.7 Å². The molecule has 0 aromatic heterocycles. The fourth-order valence-electron chi connectivity index (χ4n) is 1.96. The van der Waals surface area contributed by atoms with Crippen LogP contribution in [0.4, 0.5) is 13.2 Å². The average molecular weight is 372 g/mol. The Morgan fingerprint density at radius 3 is 2.35 bits per heavy atom. The standard InChI is InChI=1S/C17H19F3N2O4/c1-11(16(25)26-2)22-15(24)13(10-12-6-4-3-5-7-12)21-9-8-14(23)17(18,19)20/h3-9,11,13,21H,10H2,1-2H3,(H,22,24)/b9-8+. The molecule has 2 unspecified atom stereocenters. The molecule has 0 bridgehead atoms. The van der Waals surface area contributed by atoms with Crippen LogP contribution in [0.2, 0.25) is 0 Å². The summed E-state index contributed by atoms with van der Waals surface area (Å²) < 4.78 is 41.2. The van der Waals surface area contributed by atoms with Crippen molar-refractivity contribution < 1.29 is 32.3 Å². The number of carbonyl (C=O) groups is 3. The summed E-state index contributed by atoms with van der Waals surface area (Å²) in [6, 6.07) is 6.78. The Hall–Kier alpha value is -2.84. The summed E-state index contributed by atoms with van der Waals surface area (Å²) >= 11 is 0. The van der Waals surface area contributed by atoms with Crippen LogP contribution in [0.15, 0.2) is 42.6 Å². The lowest BCUT2D eigenvalue weighted by molar-refractivity contribution is -0.165. The van der Waals surface area contributed by atoms with E-state index in [1.54, 1.807) is 30.3 Å². The first-order chi connectivity index (χ1) is 12.1. The van der Waals surface area contributed by atoms with Crippen LogP contribution in [0.5, 0.6) is 0 Å². The molecule has 9 heteroatoms. The van der Waals surface area contributed by atoms with Crippen LogP contribution >= 0.6 is 0 Å². The van der Waals surface area contributed by atoms with Crippen LogP contribution in [0.25, 0.3) is 0 Å². The minimum absolute atomic E-state index is 0.130. The lowest BCUT2D eigenvalue weighted by Gasteiger charge is -2.19. The van der Waals surface area contributed by atoms with Crippen molar-refractivity contribution in [3.05, 3.63) is 48.2 Å². The summed E-state index contributed by atoms with van der Waals surface area (Å²) in [7, 11) is 1.16. The fraction of sp³-hybridized carbons (Fsp3) is 0.353. The molecule has 0 aliphatic heterocycles. The molecule has 0 spiro atoms.